The zero-order valence-electron chi connectivity index (χ0n) is 14.9. The number of carbonyl (C=O) groups is 1. The van der Waals surface area contributed by atoms with Crippen LogP contribution in [0.2, 0.25) is 0 Å². The quantitative estimate of drug-likeness (QED) is 0.646. The summed E-state index contributed by atoms with van der Waals surface area (Å²) in [5, 5.41) is 0. The minimum atomic E-state index is -0.0483. The minimum absolute atomic E-state index is 0.0483. The third-order valence-electron chi connectivity index (χ3n) is 5.02. The van der Waals surface area contributed by atoms with Gasteiger partial charge in [0.2, 0.25) is 5.91 Å². The molecule has 0 bridgehead atoms. The SMILES string of the molecule is Cc1ccccc1C1c2cccn2CCN1C(=O)C=Cc1ccccc1. The van der Waals surface area contributed by atoms with Crippen molar-refractivity contribution in [2.24, 2.45) is 0 Å². The van der Waals surface area contributed by atoms with Crippen LogP contribution in [-0.4, -0.2) is 21.9 Å². The summed E-state index contributed by atoms with van der Waals surface area (Å²) in [5.41, 5.74) is 4.60. The summed E-state index contributed by atoms with van der Waals surface area (Å²) in [4.78, 5) is 15.0. The lowest BCUT2D eigenvalue weighted by atomic mass is 9.95. The molecular formula is C23H22N2O. The van der Waals surface area contributed by atoms with Crippen molar-refractivity contribution >= 4 is 12.0 Å². The molecule has 130 valence electrons. The van der Waals surface area contributed by atoms with Crippen molar-refractivity contribution in [1.29, 1.82) is 0 Å². The van der Waals surface area contributed by atoms with Gasteiger partial charge in [0, 0.05) is 31.1 Å². The highest BCUT2D eigenvalue weighted by molar-refractivity contribution is 5.92. The van der Waals surface area contributed by atoms with Gasteiger partial charge in [-0.05, 0) is 41.8 Å². The molecule has 3 heteroatoms. The van der Waals surface area contributed by atoms with Crippen LogP contribution >= 0.6 is 0 Å². The molecule has 1 aliphatic rings. The van der Waals surface area contributed by atoms with Gasteiger partial charge in [-0.2, -0.15) is 0 Å². The van der Waals surface area contributed by atoms with Gasteiger partial charge < -0.3 is 9.47 Å². The molecular weight excluding hydrogens is 320 g/mol. The van der Waals surface area contributed by atoms with E-state index in [4.69, 9.17) is 0 Å². The van der Waals surface area contributed by atoms with Gasteiger partial charge in [0.15, 0.2) is 0 Å². The Morgan fingerprint density at radius 1 is 0.962 bits per heavy atom. The summed E-state index contributed by atoms with van der Waals surface area (Å²) in [6, 6.07) is 22.4. The topological polar surface area (TPSA) is 25.2 Å². The van der Waals surface area contributed by atoms with E-state index in [0.29, 0.717) is 6.54 Å². The number of aromatic nitrogens is 1. The molecule has 2 heterocycles. The van der Waals surface area contributed by atoms with Crippen LogP contribution in [0.3, 0.4) is 0 Å². The number of hydrogen-bond acceptors (Lipinski definition) is 1. The molecule has 2 aromatic carbocycles. The smallest absolute Gasteiger partial charge is 0.247 e. The van der Waals surface area contributed by atoms with Crippen molar-refractivity contribution in [3.8, 4) is 0 Å². The molecule has 3 nitrogen and oxygen atoms in total. The van der Waals surface area contributed by atoms with Crippen molar-refractivity contribution in [2.45, 2.75) is 19.5 Å². The van der Waals surface area contributed by atoms with E-state index in [1.165, 1.54) is 16.8 Å². The van der Waals surface area contributed by atoms with Gasteiger partial charge in [0.05, 0.1) is 6.04 Å². The number of benzene rings is 2. The zero-order valence-corrected chi connectivity index (χ0v) is 14.9. The molecule has 0 fully saturated rings. The molecule has 1 unspecified atom stereocenters. The Labute approximate surface area is 154 Å². The molecule has 26 heavy (non-hydrogen) atoms. The highest BCUT2D eigenvalue weighted by Crippen LogP contribution is 2.34. The van der Waals surface area contributed by atoms with Crippen molar-refractivity contribution in [3.63, 3.8) is 0 Å². The summed E-state index contributed by atoms with van der Waals surface area (Å²) in [6.45, 7) is 3.65. The predicted molar refractivity (Wildman–Crippen MR) is 105 cm³/mol. The monoisotopic (exact) mass is 342 g/mol. The Morgan fingerprint density at radius 2 is 1.73 bits per heavy atom. The van der Waals surface area contributed by atoms with E-state index in [9.17, 15) is 4.79 Å². The standard InChI is InChI=1S/C23H22N2O/c1-18-8-5-6-11-20(18)23-21-12-7-15-24(21)16-17-25(23)22(26)14-13-19-9-3-2-4-10-19/h2-15,23H,16-17H2,1H3. The van der Waals surface area contributed by atoms with Crippen molar-refractivity contribution in [2.75, 3.05) is 6.54 Å². The van der Waals surface area contributed by atoms with Crippen molar-refractivity contribution < 1.29 is 4.79 Å². The predicted octanol–water partition coefficient (Wildman–Crippen LogP) is 4.44. The molecule has 3 aromatic rings. The van der Waals surface area contributed by atoms with Crippen LogP contribution in [0.1, 0.15) is 28.4 Å². The van der Waals surface area contributed by atoms with Crippen molar-refractivity contribution in [3.05, 3.63) is 101 Å². The number of aryl methyl sites for hydroxylation is 1. The first-order chi connectivity index (χ1) is 12.7. The second-order valence-electron chi connectivity index (χ2n) is 6.66. The Morgan fingerprint density at radius 3 is 2.54 bits per heavy atom. The number of nitrogens with zero attached hydrogens (tertiary/aromatic N) is 2. The average molecular weight is 342 g/mol. The minimum Gasteiger partial charge on any atom is -0.348 e. The van der Waals surface area contributed by atoms with Gasteiger partial charge in [-0.3, -0.25) is 4.79 Å². The molecule has 0 spiro atoms. The maximum Gasteiger partial charge on any atom is 0.247 e. The van der Waals surface area contributed by atoms with Gasteiger partial charge in [0.25, 0.3) is 0 Å². The highest BCUT2D eigenvalue weighted by atomic mass is 16.2. The number of fused-ring (bicyclic) bond motifs is 1. The van der Waals surface area contributed by atoms with E-state index < -0.39 is 0 Å². The number of carbonyl (C=O) groups excluding carboxylic acids is 1. The maximum absolute atomic E-state index is 13.0. The molecule has 1 amide bonds. The largest absolute Gasteiger partial charge is 0.348 e. The number of amides is 1. The summed E-state index contributed by atoms with van der Waals surface area (Å²) in [7, 11) is 0. The third kappa shape index (κ3) is 3.08. The highest BCUT2D eigenvalue weighted by Gasteiger charge is 2.31. The molecule has 0 aliphatic carbocycles. The van der Waals surface area contributed by atoms with Gasteiger partial charge in [-0.25, -0.2) is 0 Å². The van der Waals surface area contributed by atoms with E-state index in [-0.39, 0.29) is 11.9 Å². The molecule has 0 N–H and O–H groups in total. The summed E-state index contributed by atoms with van der Waals surface area (Å²) >= 11 is 0. The van der Waals surface area contributed by atoms with Crippen LogP contribution in [0.25, 0.3) is 6.08 Å². The average Bonchev–Trinajstić information content (AvgIpc) is 3.15. The fourth-order valence-electron chi connectivity index (χ4n) is 3.67. The van der Waals surface area contributed by atoms with Crippen LogP contribution in [0.15, 0.2) is 79.0 Å². The van der Waals surface area contributed by atoms with Crippen LogP contribution < -0.4 is 0 Å². The normalized spacial score (nSPS) is 16.7. The lowest BCUT2D eigenvalue weighted by Gasteiger charge is -2.37. The Balaban J connectivity index is 1.69. The van der Waals surface area contributed by atoms with E-state index in [0.717, 1.165) is 12.1 Å². The second-order valence-corrected chi connectivity index (χ2v) is 6.66. The first-order valence-electron chi connectivity index (χ1n) is 8.98. The van der Waals surface area contributed by atoms with Crippen LogP contribution in [0, 0.1) is 6.92 Å². The molecule has 0 radical (unpaired) electrons. The fraction of sp³-hybridized carbons (Fsp3) is 0.174. The van der Waals surface area contributed by atoms with Crippen molar-refractivity contribution in [1.82, 2.24) is 9.47 Å². The molecule has 1 aliphatic heterocycles. The summed E-state index contributed by atoms with van der Waals surface area (Å²) in [6.07, 6.45) is 5.69. The van der Waals surface area contributed by atoms with E-state index in [1.54, 1.807) is 6.08 Å². The van der Waals surface area contributed by atoms with Gasteiger partial charge in [0.1, 0.15) is 0 Å². The zero-order chi connectivity index (χ0) is 17.9. The van der Waals surface area contributed by atoms with E-state index in [2.05, 4.69) is 42.0 Å². The van der Waals surface area contributed by atoms with Gasteiger partial charge in [-0.1, -0.05) is 54.6 Å². The van der Waals surface area contributed by atoms with E-state index >= 15 is 0 Å². The first-order valence-corrected chi connectivity index (χ1v) is 8.98. The molecule has 4 rings (SSSR count). The molecule has 0 saturated carbocycles. The molecule has 1 aromatic heterocycles. The summed E-state index contributed by atoms with van der Waals surface area (Å²) in [5.74, 6) is 0.0505. The number of rotatable bonds is 3. The van der Waals surface area contributed by atoms with E-state index in [1.807, 2.05) is 53.4 Å². The maximum atomic E-state index is 13.0. The third-order valence-corrected chi connectivity index (χ3v) is 5.02. The number of hydrogen-bond donors (Lipinski definition) is 0. The van der Waals surface area contributed by atoms with Crippen LogP contribution in [-0.2, 0) is 11.3 Å². The van der Waals surface area contributed by atoms with Crippen LogP contribution in [0.5, 0.6) is 0 Å². The molecule has 0 saturated heterocycles. The molecule has 1 atom stereocenters. The Hall–Kier alpha value is -3.07. The lowest BCUT2D eigenvalue weighted by molar-refractivity contribution is -0.128. The second kappa shape index (κ2) is 7.04. The Kier molecular flexibility index (Phi) is 4.44. The van der Waals surface area contributed by atoms with Gasteiger partial charge >= 0.3 is 0 Å². The van der Waals surface area contributed by atoms with Crippen LogP contribution in [0.4, 0.5) is 0 Å². The Bertz CT molecular complexity index is 940. The first kappa shape index (κ1) is 16.4. The van der Waals surface area contributed by atoms with Gasteiger partial charge in [-0.15, -0.1) is 0 Å². The fourth-order valence-corrected chi connectivity index (χ4v) is 3.67. The summed E-state index contributed by atoms with van der Waals surface area (Å²) < 4.78 is 2.25. The lowest BCUT2D eigenvalue weighted by Crippen LogP contribution is -2.41.